The van der Waals surface area contributed by atoms with Crippen LogP contribution in [0.15, 0.2) is 77.7 Å². The predicted molar refractivity (Wildman–Crippen MR) is 158 cm³/mol. The van der Waals surface area contributed by atoms with E-state index in [9.17, 15) is 18.0 Å². The molecule has 0 aliphatic rings. The standard InChI is InChI=1S/C31H39N3O5S/c1-22-12-11-15-28(23(22)2)34(40(37,38)27-13-9-8-10-14-27)21-29(35)33(24(3)30(36)32-31(4,5)6)20-25-16-18-26(39-7)19-17-25/h8-19,24H,20-21H2,1-7H3,(H,32,36)/t24-/m1/s1. The minimum Gasteiger partial charge on any atom is -0.497 e. The topological polar surface area (TPSA) is 96.0 Å². The average Bonchev–Trinajstić information content (AvgIpc) is 2.91. The van der Waals surface area contributed by atoms with Crippen LogP contribution in [-0.2, 0) is 26.2 Å². The Labute approximate surface area is 238 Å². The number of hydrogen-bond donors (Lipinski definition) is 1. The molecule has 0 unspecified atom stereocenters. The zero-order valence-corrected chi connectivity index (χ0v) is 25.1. The summed E-state index contributed by atoms with van der Waals surface area (Å²) in [5.74, 6) is -0.179. The second-order valence-corrected chi connectivity index (χ2v) is 12.7. The minimum absolute atomic E-state index is 0.0731. The predicted octanol–water partition coefficient (Wildman–Crippen LogP) is 4.84. The fraction of sp³-hybridized carbons (Fsp3) is 0.355. The molecule has 0 radical (unpaired) electrons. The molecule has 0 fully saturated rings. The first-order chi connectivity index (χ1) is 18.7. The third-order valence-electron chi connectivity index (χ3n) is 6.63. The van der Waals surface area contributed by atoms with Crippen molar-refractivity contribution >= 4 is 27.5 Å². The summed E-state index contributed by atoms with van der Waals surface area (Å²) in [6.45, 7) is 10.6. The molecule has 3 aromatic carbocycles. The molecule has 3 rings (SSSR count). The Balaban J connectivity index is 2.06. The van der Waals surface area contributed by atoms with Gasteiger partial charge in [0.1, 0.15) is 18.3 Å². The van der Waals surface area contributed by atoms with Crippen molar-refractivity contribution in [1.29, 1.82) is 0 Å². The first-order valence-electron chi connectivity index (χ1n) is 13.1. The van der Waals surface area contributed by atoms with E-state index in [1.54, 1.807) is 56.5 Å². The molecule has 0 heterocycles. The number of rotatable bonds is 10. The highest BCUT2D eigenvalue weighted by molar-refractivity contribution is 7.92. The van der Waals surface area contributed by atoms with Crippen LogP contribution in [0.4, 0.5) is 5.69 Å². The number of carbonyl (C=O) groups excluding carboxylic acids is 2. The highest BCUT2D eigenvalue weighted by Crippen LogP contribution is 2.29. The van der Waals surface area contributed by atoms with E-state index in [1.807, 2.05) is 52.8 Å². The molecule has 8 nitrogen and oxygen atoms in total. The van der Waals surface area contributed by atoms with Crippen LogP contribution in [0.25, 0.3) is 0 Å². The summed E-state index contributed by atoms with van der Waals surface area (Å²) >= 11 is 0. The van der Waals surface area contributed by atoms with E-state index in [-0.39, 0.29) is 17.3 Å². The van der Waals surface area contributed by atoms with Crippen molar-refractivity contribution in [2.24, 2.45) is 0 Å². The number of amides is 2. The number of carbonyl (C=O) groups is 2. The summed E-state index contributed by atoms with van der Waals surface area (Å²) in [4.78, 5) is 28.8. The molecule has 9 heteroatoms. The van der Waals surface area contributed by atoms with Gasteiger partial charge in [-0.05, 0) is 88.6 Å². The quantitative estimate of drug-likeness (QED) is 0.380. The van der Waals surface area contributed by atoms with Crippen molar-refractivity contribution in [2.45, 2.75) is 64.6 Å². The number of hydrogen-bond acceptors (Lipinski definition) is 5. The lowest BCUT2D eigenvalue weighted by Gasteiger charge is -2.34. The molecule has 0 saturated carbocycles. The van der Waals surface area contributed by atoms with Gasteiger partial charge >= 0.3 is 0 Å². The molecule has 0 spiro atoms. The number of anilines is 1. The van der Waals surface area contributed by atoms with E-state index in [1.165, 1.54) is 17.0 Å². The molecular formula is C31H39N3O5S. The van der Waals surface area contributed by atoms with Crippen molar-refractivity contribution in [3.8, 4) is 5.75 Å². The van der Waals surface area contributed by atoms with Crippen molar-refractivity contribution in [2.75, 3.05) is 18.0 Å². The largest absolute Gasteiger partial charge is 0.497 e. The van der Waals surface area contributed by atoms with Crippen LogP contribution in [0, 0.1) is 13.8 Å². The molecule has 1 N–H and O–H groups in total. The summed E-state index contributed by atoms with van der Waals surface area (Å²) in [7, 11) is -2.54. The smallest absolute Gasteiger partial charge is 0.264 e. The van der Waals surface area contributed by atoms with Gasteiger partial charge in [0.2, 0.25) is 11.8 Å². The van der Waals surface area contributed by atoms with Crippen LogP contribution in [0.2, 0.25) is 0 Å². The second kappa shape index (κ2) is 12.6. The van der Waals surface area contributed by atoms with Gasteiger partial charge in [-0.3, -0.25) is 13.9 Å². The molecule has 40 heavy (non-hydrogen) atoms. The van der Waals surface area contributed by atoms with Gasteiger partial charge in [0.05, 0.1) is 17.7 Å². The molecule has 0 saturated heterocycles. The molecule has 0 aromatic heterocycles. The molecule has 0 aliphatic carbocycles. The van der Waals surface area contributed by atoms with Gasteiger partial charge in [-0.1, -0.05) is 42.5 Å². The highest BCUT2D eigenvalue weighted by atomic mass is 32.2. The Morgan fingerprint density at radius 2 is 1.55 bits per heavy atom. The van der Waals surface area contributed by atoms with E-state index < -0.39 is 34.1 Å². The van der Waals surface area contributed by atoms with Gasteiger partial charge in [0, 0.05) is 12.1 Å². The number of nitrogens with one attached hydrogen (secondary N) is 1. The van der Waals surface area contributed by atoms with Gasteiger partial charge < -0.3 is 15.0 Å². The lowest BCUT2D eigenvalue weighted by Crippen LogP contribution is -2.54. The number of nitrogens with zero attached hydrogens (tertiary/aromatic N) is 2. The van der Waals surface area contributed by atoms with Gasteiger partial charge in [-0.2, -0.15) is 0 Å². The van der Waals surface area contributed by atoms with Gasteiger partial charge in [-0.25, -0.2) is 8.42 Å². The lowest BCUT2D eigenvalue weighted by molar-refractivity contribution is -0.140. The molecular weight excluding hydrogens is 526 g/mol. The molecule has 2 amide bonds. The van der Waals surface area contributed by atoms with Crippen molar-refractivity contribution < 1.29 is 22.7 Å². The Morgan fingerprint density at radius 3 is 2.12 bits per heavy atom. The second-order valence-electron chi connectivity index (χ2n) is 10.8. The Morgan fingerprint density at radius 1 is 0.925 bits per heavy atom. The fourth-order valence-corrected chi connectivity index (χ4v) is 5.72. The van der Waals surface area contributed by atoms with Gasteiger partial charge in [0.15, 0.2) is 0 Å². The molecule has 3 aromatic rings. The third-order valence-corrected chi connectivity index (χ3v) is 8.41. The van der Waals surface area contributed by atoms with E-state index in [0.717, 1.165) is 21.0 Å². The lowest BCUT2D eigenvalue weighted by atomic mass is 10.1. The molecule has 214 valence electrons. The molecule has 0 aliphatic heterocycles. The Kier molecular flexibility index (Phi) is 9.63. The Bertz CT molecular complexity index is 1430. The fourth-order valence-electron chi connectivity index (χ4n) is 4.22. The summed E-state index contributed by atoms with van der Waals surface area (Å²) in [6.07, 6.45) is 0. The Hall–Kier alpha value is -3.85. The summed E-state index contributed by atoms with van der Waals surface area (Å²) in [5, 5.41) is 2.93. The van der Waals surface area contributed by atoms with Crippen LogP contribution in [0.5, 0.6) is 5.75 Å². The summed E-state index contributed by atoms with van der Waals surface area (Å²) < 4.78 is 34.3. The molecule has 0 bridgehead atoms. The molecule has 1 atom stereocenters. The van der Waals surface area contributed by atoms with Crippen molar-refractivity contribution in [1.82, 2.24) is 10.2 Å². The van der Waals surface area contributed by atoms with E-state index in [2.05, 4.69) is 5.32 Å². The van der Waals surface area contributed by atoms with Crippen LogP contribution in [0.3, 0.4) is 0 Å². The number of ether oxygens (including phenoxy) is 1. The van der Waals surface area contributed by atoms with Crippen molar-refractivity contribution in [3.63, 3.8) is 0 Å². The maximum atomic E-state index is 14.1. The zero-order chi connectivity index (χ0) is 29.7. The van der Waals surface area contributed by atoms with E-state index in [4.69, 9.17) is 4.74 Å². The minimum atomic E-state index is -4.11. The van der Waals surface area contributed by atoms with E-state index in [0.29, 0.717) is 11.4 Å². The third kappa shape index (κ3) is 7.41. The van der Waals surface area contributed by atoms with Gasteiger partial charge in [0.25, 0.3) is 10.0 Å². The van der Waals surface area contributed by atoms with Gasteiger partial charge in [-0.15, -0.1) is 0 Å². The van der Waals surface area contributed by atoms with Crippen LogP contribution in [-0.4, -0.2) is 50.4 Å². The number of methoxy groups -OCH3 is 1. The highest BCUT2D eigenvalue weighted by Gasteiger charge is 2.34. The maximum Gasteiger partial charge on any atom is 0.264 e. The summed E-state index contributed by atoms with van der Waals surface area (Å²) in [5.41, 5.74) is 2.31. The van der Waals surface area contributed by atoms with Crippen LogP contribution < -0.4 is 14.4 Å². The van der Waals surface area contributed by atoms with Crippen molar-refractivity contribution in [3.05, 3.63) is 89.5 Å². The monoisotopic (exact) mass is 565 g/mol. The van der Waals surface area contributed by atoms with Crippen LogP contribution in [0.1, 0.15) is 44.4 Å². The number of aryl methyl sites for hydroxylation is 1. The average molecular weight is 566 g/mol. The first-order valence-corrected chi connectivity index (χ1v) is 14.6. The number of sulfonamides is 1. The summed E-state index contributed by atoms with van der Waals surface area (Å²) in [6, 6.07) is 19.7. The SMILES string of the molecule is COc1ccc(CN(C(=O)CN(c2cccc(C)c2C)S(=O)(=O)c2ccccc2)[C@H](C)C(=O)NC(C)(C)C)cc1. The number of benzene rings is 3. The normalized spacial score (nSPS) is 12.4. The first kappa shape index (κ1) is 30.7. The van der Waals surface area contributed by atoms with E-state index >= 15 is 0 Å². The maximum absolute atomic E-state index is 14.1. The zero-order valence-electron chi connectivity index (χ0n) is 24.3. The van der Waals surface area contributed by atoms with Crippen LogP contribution >= 0.6 is 0 Å².